The zero-order valence-electron chi connectivity index (χ0n) is 11.4. The van der Waals surface area contributed by atoms with E-state index in [0.29, 0.717) is 0 Å². The van der Waals surface area contributed by atoms with Crippen LogP contribution in [0.25, 0.3) is 10.8 Å². The van der Waals surface area contributed by atoms with Crippen LogP contribution in [0.1, 0.15) is 36.7 Å². The molecule has 1 amide bonds. The molecule has 18 heavy (non-hydrogen) atoms. The minimum atomic E-state index is -0.0303. The van der Waals surface area contributed by atoms with Crippen LogP contribution in [0.2, 0.25) is 0 Å². The van der Waals surface area contributed by atoms with E-state index in [2.05, 4.69) is 38.2 Å². The summed E-state index contributed by atoms with van der Waals surface area (Å²) in [6.07, 6.45) is 0. The highest BCUT2D eigenvalue weighted by atomic mass is 16.1. The van der Waals surface area contributed by atoms with Gasteiger partial charge < -0.3 is 5.32 Å². The Hall–Kier alpha value is -1.83. The molecule has 0 atom stereocenters. The SMILES string of the molecule is CNC(=O)c1cc(C(C)(C)C)cc2ccccc12. The number of carbonyl (C=O) groups excluding carboxylic acids is 1. The molecule has 0 aliphatic heterocycles. The van der Waals surface area contributed by atoms with Gasteiger partial charge in [0, 0.05) is 12.6 Å². The van der Waals surface area contributed by atoms with Gasteiger partial charge in [-0.05, 0) is 27.8 Å². The lowest BCUT2D eigenvalue weighted by Gasteiger charge is -2.21. The summed E-state index contributed by atoms with van der Waals surface area (Å²) in [7, 11) is 1.67. The first-order valence-corrected chi connectivity index (χ1v) is 6.19. The predicted molar refractivity (Wildman–Crippen MR) is 76.0 cm³/mol. The number of hydrogen-bond acceptors (Lipinski definition) is 1. The minimum Gasteiger partial charge on any atom is -0.355 e. The van der Waals surface area contributed by atoms with Crippen LogP contribution >= 0.6 is 0 Å². The van der Waals surface area contributed by atoms with Gasteiger partial charge in [-0.15, -0.1) is 0 Å². The predicted octanol–water partition coefficient (Wildman–Crippen LogP) is 3.50. The second-order valence-corrected chi connectivity index (χ2v) is 5.57. The molecule has 0 saturated heterocycles. The van der Waals surface area contributed by atoms with Crippen molar-refractivity contribution in [2.75, 3.05) is 7.05 Å². The molecule has 0 bridgehead atoms. The summed E-state index contributed by atoms with van der Waals surface area (Å²) >= 11 is 0. The Morgan fingerprint density at radius 1 is 1.11 bits per heavy atom. The minimum absolute atomic E-state index is 0.0303. The fraction of sp³-hybridized carbons (Fsp3) is 0.312. The maximum atomic E-state index is 12.0. The zero-order chi connectivity index (χ0) is 13.3. The van der Waals surface area contributed by atoms with Gasteiger partial charge in [0.1, 0.15) is 0 Å². The van der Waals surface area contributed by atoms with Crippen molar-refractivity contribution in [2.45, 2.75) is 26.2 Å². The summed E-state index contributed by atoms with van der Waals surface area (Å²) in [5.41, 5.74) is 1.97. The molecule has 0 saturated carbocycles. The molecular weight excluding hydrogens is 222 g/mol. The number of rotatable bonds is 1. The third-order valence-electron chi connectivity index (χ3n) is 3.20. The molecule has 0 aliphatic carbocycles. The van der Waals surface area contributed by atoms with Crippen LogP contribution in [-0.4, -0.2) is 13.0 Å². The summed E-state index contributed by atoms with van der Waals surface area (Å²) < 4.78 is 0. The maximum absolute atomic E-state index is 12.0. The lowest BCUT2D eigenvalue weighted by molar-refractivity contribution is 0.0964. The molecule has 1 N–H and O–H groups in total. The topological polar surface area (TPSA) is 29.1 Å². The second kappa shape index (κ2) is 4.45. The summed E-state index contributed by atoms with van der Waals surface area (Å²) in [5.74, 6) is -0.0303. The molecule has 2 heteroatoms. The van der Waals surface area contributed by atoms with Crippen molar-refractivity contribution >= 4 is 16.7 Å². The Bertz CT molecular complexity index is 594. The number of benzene rings is 2. The number of carbonyl (C=O) groups is 1. The van der Waals surface area contributed by atoms with Crippen molar-refractivity contribution in [3.63, 3.8) is 0 Å². The van der Waals surface area contributed by atoms with E-state index in [0.717, 1.165) is 16.3 Å². The van der Waals surface area contributed by atoms with Crippen molar-refractivity contribution in [3.8, 4) is 0 Å². The van der Waals surface area contributed by atoms with Crippen LogP contribution in [-0.2, 0) is 5.41 Å². The average molecular weight is 241 g/mol. The number of hydrogen-bond donors (Lipinski definition) is 1. The molecule has 2 rings (SSSR count). The van der Waals surface area contributed by atoms with Crippen molar-refractivity contribution in [2.24, 2.45) is 0 Å². The van der Waals surface area contributed by atoms with E-state index in [-0.39, 0.29) is 11.3 Å². The molecule has 0 fully saturated rings. The van der Waals surface area contributed by atoms with Crippen LogP contribution in [0.5, 0.6) is 0 Å². The summed E-state index contributed by atoms with van der Waals surface area (Å²) in [6.45, 7) is 6.47. The van der Waals surface area contributed by atoms with Gasteiger partial charge in [0.2, 0.25) is 0 Å². The Balaban J connectivity index is 2.77. The summed E-state index contributed by atoms with van der Waals surface area (Å²) in [4.78, 5) is 12.0. The van der Waals surface area contributed by atoms with Crippen LogP contribution in [0.15, 0.2) is 36.4 Å². The van der Waals surface area contributed by atoms with Crippen molar-refractivity contribution in [3.05, 3.63) is 47.5 Å². The normalized spacial score (nSPS) is 11.6. The first-order chi connectivity index (χ1) is 8.43. The van der Waals surface area contributed by atoms with Gasteiger partial charge in [0.05, 0.1) is 0 Å². The first-order valence-electron chi connectivity index (χ1n) is 6.19. The van der Waals surface area contributed by atoms with Crippen LogP contribution in [0, 0.1) is 0 Å². The first kappa shape index (κ1) is 12.6. The van der Waals surface area contributed by atoms with Gasteiger partial charge in [0.15, 0.2) is 0 Å². The Morgan fingerprint density at radius 2 is 1.78 bits per heavy atom. The number of fused-ring (bicyclic) bond motifs is 1. The molecule has 0 unspecified atom stereocenters. The summed E-state index contributed by atoms with van der Waals surface area (Å²) in [5, 5.41) is 4.83. The maximum Gasteiger partial charge on any atom is 0.251 e. The molecule has 0 spiro atoms. The third kappa shape index (κ3) is 2.23. The third-order valence-corrected chi connectivity index (χ3v) is 3.20. The van der Waals surface area contributed by atoms with Gasteiger partial charge in [-0.25, -0.2) is 0 Å². The van der Waals surface area contributed by atoms with E-state index >= 15 is 0 Å². The molecule has 2 nitrogen and oxygen atoms in total. The van der Waals surface area contributed by atoms with Crippen LogP contribution in [0.4, 0.5) is 0 Å². The smallest absolute Gasteiger partial charge is 0.251 e. The highest BCUT2D eigenvalue weighted by molar-refractivity contribution is 6.07. The van der Waals surface area contributed by atoms with Crippen molar-refractivity contribution in [1.82, 2.24) is 5.32 Å². The fourth-order valence-corrected chi connectivity index (χ4v) is 2.07. The largest absolute Gasteiger partial charge is 0.355 e. The number of amides is 1. The van der Waals surface area contributed by atoms with E-state index in [1.807, 2.05) is 24.3 Å². The molecule has 2 aromatic carbocycles. The molecule has 0 heterocycles. The molecular formula is C16H19NO. The monoisotopic (exact) mass is 241 g/mol. The highest BCUT2D eigenvalue weighted by Crippen LogP contribution is 2.28. The van der Waals surface area contributed by atoms with E-state index in [1.165, 1.54) is 5.56 Å². The van der Waals surface area contributed by atoms with Crippen molar-refractivity contribution in [1.29, 1.82) is 0 Å². The van der Waals surface area contributed by atoms with E-state index < -0.39 is 0 Å². The lowest BCUT2D eigenvalue weighted by Crippen LogP contribution is -2.20. The molecule has 2 aromatic rings. The van der Waals surface area contributed by atoms with Gasteiger partial charge >= 0.3 is 0 Å². The van der Waals surface area contributed by atoms with Crippen molar-refractivity contribution < 1.29 is 4.79 Å². The van der Waals surface area contributed by atoms with E-state index in [1.54, 1.807) is 7.05 Å². The second-order valence-electron chi connectivity index (χ2n) is 5.57. The quantitative estimate of drug-likeness (QED) is 0.813. The Labute approximate surface area is 108 Å². The fourth-order valence-electron chi connectivity index (χ4n) is 2.07. The van der Waals surface area contributed by atoms with Crippen LogP contribution < -0.4 is 5.32 Å². The average Bonchev–Trinajstić information content (AvgIpc) is 2.35. The number of nitrogens with one attached hydrogen (secondary N) is 1. The van der Waals surface area contributed by atoms with Gasteiger partial charge in [-0.3, -0.25) is 4.79 Å². The van der Waals surface area contributed by atoms with E-state index in [9.17, 15) is 4.79 Å². The Morgan fingerprint density at radius 3 is 2.39 bits per heavy atom. The van der Waals surface area contributed by atoms with Gasteiger partial charge in [0.25, 0.3) is 5.91 Å². The van der Waals surface area contributed by atoms with E-state index in [4.69, 9.17) is 0 Å². The van der Waals surface area contributed by atoms with Gasteiger partial charge in [-0.1, -0.05) is 51.1 Å². The zero-order valence-corrected chi connectivity index (χ0v) is 11.4. The molecule has 94 valence electrons. The molecule has 0 aliphatic rings. The lowest BCUT2D eigenvalue weighted by atomic mass is 9.84. The Kier molecular flexibility index (Phi) is 3.12. The molecule has 0 radical (unpaired) electrons. The standard InChI is InChI=1S/C16H19NO/c1-16(2,3)12-9-11-7-5-6-8-13(11)14(10-12)15(18)17-4/h5-10H,1-4H3,(H,17,18). The van der Waals surface area contributed by atoms with Gasteiger partial charge in [-0.2, -0.15) is 0 Å². The highest BCUT2D eigenvalue weighted by Gasteiger charge is 2.18. The molecule has 0 aromatic heterocycles. The summed E-state index contributed by atoms with van der Waals surface area (Å²) in [6, 6.07) is 12.2. The van der Waals surface area contributed by atoms with Crippen LogP contribution in [0.3, 0.4) is 0 Å².